The Morgan fingerprint density at radius 1 is 1.47 bits per heavy atom. The number of rotatable bonds is 5. The molecule has 17 heavy (non-hydrogen) atoms. The summed E-state index contributed by atoms with van der Waals surface area (Å²) in [6.45, 7) is 2.66. The van der Waals surface area contributed by atoms with Gasteiger partial charge in [0.25, 0.3) is 0 Å². The van der Waals surface area contributed by atoms with E-state index in [0.29, 0.717) is 19.0 Å². The summed E-state index contributed by atoms with van der Waals surface area (Å²) in [7, 11) is 0. The van der Waals surface area contributed by atoms with Crippen molar-refractivity contribution in [1.29, 1.82) is 0 Å². The quantitative estimate of drug-likeness (QED) is 0.677. The van der Waals surface area contributed by atoms with Gasteiger partial charge >= 0.3 is 0 Å². The molecular weight excluding hydrogens is 214 g/mol. The zero-order valence-electron chi connectivity index (χ0n) is 10.1. The zero-order chi connectivity index (χ0) is 12.3. The van der Waals surface area contributed by atoms with Crippen LogP contribution in [0, 0.1) is 6.92 Å². The highest BCUT2D eigenvalue weighted by Crippen LogP contribution is 2.19. The number of amides is 1. The van der Waals surface area contributed by atoms with Crippen LogP contribution in [0.3, 0.4) is 0 Å². The van der Waals surface area contributed by atoms with E-state index in [4.69, 9.17) is 5.73 Å². The normalized spacial score (nSPS) is 14.4. The van der Waals surface area contributed by atoms with Gasteiger partial charge in [0, 0.05) is 30.4 Å². The van der Waals surface area contributed by atoms with Gasteiger partial charge in [0.2, 0.25) is 5.91 Å². The molecule has 1 aliphatic rings. The fraction of sp³-hybridized carbons (Fsp3) is 0.462. The number of carbonyl (C=O) groups excluding carboxylic acids is 1. The van der Waals surface area contributed by atoms with E-state index < -0.39 is 0 Å². The molecule has 1 aromatic carbocycles. The molecule has 1 saturated carbocycles. The van der Waals surface area contributed by atoms with Crippen LogP contribution < -0.4 is 16.4 Å². The van der Waals surface area contributed by atoms with Crippen molar-refractivity contribution in [2.75, 3.05) is 17.6 Å². The molecular formula is C13H19N3O. The van der Waals surface area contributed by atoms with Crippen LogP contribution in [0.5, 0.6) is 0 Å². The number of hydrogen-bond donors (Lipinski definition) is 3. The molecule has 2 rings (SSSR count). The summed E-state index contributed by atoms with van der Waals surface area (Å²) >= 11 is 0. The number of nitrogens with two attached hydrogens (primary N) is 1. The summed E-state index contributed by atoms with van der Waals surface area (Å²) in [5.41, 5.74) is 8.59. The molecule has 0 unspecified atom stereocenters. The Bertz CT molecular complexity index is 413. The van der Waals surface area contributed by atoms with Crippen LogP contribution in [0.1, 0.15) is 24.8 Å². The lowest BCUT2D eigenvalue weighted by Gasteiger charge is -2.10. The van der Waals surface area contributed by atoms with Crippen LogP contribution >= 0.6 is 0 Å². The molecule has 0 radical (unpaired) electrons. The van der Waals surface area contributed by atoms with Crippen molar-refractivity contribution in [3.8, 4) is 0 Å². The van der Waals surface area contributed by atoms with Gasteiger partial charge in [-0.25, -0.2) is 0 Å². The van der Waals surface area contributed by atoms with Gasteiger partial charge in [0.15, 0.2) is 0 Å². The topological polar surface area (TPSA) is 67.1 Å². The SMILES string of the molecule is Cc1ccc(N)cc1NCCC(=O)NC1CC1. The number of aryl methyl sites for hydroxylation is 1. The van der Waals surface area contributed by atoms with E-state index in [9.17, 15) is 4.79 Å². The molecule has 0 bridgehead atoms. The van der Waals surface area contributed by atoms with Crippen molar-refractivity contribution < 1.29 is 4.79 Å². The molecule has 1 aromatic rings. The van der Waals surface area contributed by atoms with Gasteiger partial charge in [-0.1, -0.05) is 6.07 Å². The summed E-state index contributed by atoms with van der Waals surface area (Å²) in [6, 6.07) is 6.19. The molecule has 1 amide bonds. The second-order valence-electron chi connectivity index (χ2n) is 4.59. The van der Waals surface area contributed by atoms with Gasteiger partial charge in [-0.15, -0.1) is 0 Å². The number of nitrogens with one attached hydrogen (secondary N) is 2. The van der Waals surface area contributed by atoms with Gasteiger partial charge in [-0.05, 0) is 37.5 Å². The average molecular weight is 233 g/mol. The Morgan fingerprint density at radius 2 is 2.24 bits per heavy atom. The van der Waals surface area contributed by atoms with E-state index in [1.54, 1.807) is 0 Å². The predicted molar refractivity (Wildman–Crippen MR) is 69.9 cm³/mol. The van der Waals surface area contributed by atoms with Crippen molar-refractivity contribution >= 4 is 17.3 Å². The zero-order valence-corrected chi connectivity index (χ0v) is 10.1. The van der Waals surface area contributed by atoms with E-state index in [2.05, 4.69) is 10.6 Å². The van der Waals surface area contributed by atoms with E-state index >= 15 is 0 Å². The minimum atomic E-state index is 0.126. The van der Waals surface area contributed by atoms with Crippen LogP contribution in [0.2, 0.25) is 0 Å². The smallest absolute Gasteiger partial charge is 0.221 e. The fourth-order valence-corrected chi connectivity index (χ4v) is 1.67. The van der Waals surface area contributed by atoms with E-state index in [0.717, 1.165) is 29.8 Å². The first-order valence-electron chi connectivity index (χ1n) is 6.04. The molecule has 4 heteroatoms. The van der Waals surface area contributed by atoms with Crippen molar-refractivity contribution in [1.82, 2.24) is 5.32 Å². The van der Waals surface area contributed by atoms with Crippen molar-refractivity contribution in [3.05, 3.63) is 23.8 Å². The molecule has 0 aromatic heterocycles. The highest BCUT2D eigenvalue weighted by Gasteiger charge is 2.22. The third kappa shape index (κ3) is 3.66. The van der Waals surface area contributed by atoms with E-state index in [1.165, 1.54) is 0 Å². The third-order valence-electron chi connectivity index (χ3n) is 2.87. The highest BCUT2D eigenvalue weighted by molar-refractivity contribution is 5.77. The summed E-state index contributed by atoms with van der Waals surface area (Å²) in [5, 5.41) is 6.20. The van der Waals surface area contributed by atoms with Crippen molar-refractivity contribution in [2.45, 2.75) is 32.2 Å². The van der Waals surface area contributed by atoms with Gasteiger partial charge in [0.1, 0.15) is 0 Å². The van der Waals surface area contributed by atoms with Gasteiger partial charge in [-0.3, -0.25) is 4.79 Å². The molecule has 0 heterocycles. The molecule has 92 valence electrons. The summed E-state index contributed by atoms with van der Waals surface area (Å²) in [4.78, 5) is 11.5. The number of benzene rings is 1. The van der Waals surface area contributed by atoms with Crippen LogP contribution in [-0.4, -0.2) is 18.5 Å². The lowest BCUT2D eigenvalue weighted by molar-refractivity contribution is -0.120. The first-order valence-corrected chi connectivity index (χ1v) is 6.04. The van der Waals surface area contributed by atoms with Crippen LogP contribution in [0.4, 0.5) is 11.4 Å². The maximum Gasteiger partial charge on any atom is 0.221 e. The Kier molecular flexibility index (Phi) is 3.52. The minimum absolute atomic E-state index is 0.126. The van der Waals surface area contributed by atoms with Gasteiger partial charge < -0.3 is 16.4 Å². The van der Waals surface area contributed by atoms with Crippen molar-refractivity contribution in [3.63, 3.8) is 0 Å². The number of nitrogen functional groups attached to an aromatic ring is 1. The Balaban J connectivity index is 1.76. The first kappa shape index (κ1) is 11.8. The molecule has 4 N–H and O–H groups in total. The highest BCUT2D eigenvalue weighted by atomic mass is 16.1. The van der Waals surface area contributed by atoms with Gasteiger partial charge in [-0.2, -0.15) is 0 Å². The maximum atomic E-state index is 11.5. The number of carbonyl (C=O) groups is 1. The third-order valence-corrected chi connectivity index (χ3v) is 2.87. The molecule has 1 fully saturated rings. The summed E-state index contributed by atoms with van der Waals surface area (Å²) in [5.74, 6) is 0.126. The van der Waals surface area contributed by atoms with Crippen molar-refractivity contribution in [2.24, 2.45) is 0 Å². The monoisotopic (exact) mass is 233 g/mol. The summed E-state index contributed by atoms with van der Waals surface area (Å²) in [6.07, 6.45) is 2.77. The van der Waals surface area contributed by atoms with Crippen LogP contribution in [-0.2, 0) is 4.79 Å². The lowest BCUT2D eigenvalue weighted by Crippen LogP contribution is -2.27. The predicted octanol–water partition coefficient (Wildman–Crippen LogP) is 1.66. The largest absolute Gasteiger partial charge is 0.399 e. The molecule has 0 saturated heterocycles. The fourth-order valence-electron chi connectivity index (χ4n) is 1.67. The summed E-state index contributed by atoms with van der Waals surface area (Å²) < 4.78 is 0. The molecule has 0 atom stereocenters. The minimum Gasteiger partial charge on any atom is -0.399 e. The average Bonchev–Trinajstić information content (AvgIpc) is 3.07. The lowest BCUT2D eigenvalue weighted by atomic mass is 10.2. The Labute approximate surface area is 102 Å². The standard InChI is InChI=1S/C13H19N3O/c1-9-2-3-10(14)8-12(9)15-7-6-13(17)16-11-4-5-11/h2-3,8,11,15H,4-7,14H2,1H3,(H,16,17). The first-order chi connectivity index (χ1) is 8.15. The second-order valence-corrected chi connectivity index (χ2v) is 4.59. The van der Waals surface area contributed by atoms with E-state index in [-0.39, 0.29) is 5.91 Å². The molecule has 1 aliphatic carbocycles. The van der Waals surface area contributed by atoms with Crippen LogP contribution in [0.15, 0.2) is 18.2 Å². The second kappa shape index (κ2) is 5.08. The molecule has 4 nitrogen and oxygen atoms in total. The Morgan fingerprint density at radius 3 is 2.94 bits per heavy atom. The molecule has 0 spiro atoms. The van der Waals surface area contributed by atoms with E-state index in [1.807, 2.05) is 25.1 Å². The molecule has 0 aliphatic heterocycles. The Hall–Kier alpha value is -1.71. The number of anilines is 2. The number of hydrogen-bond acceptors (Lipinski definition) is 3. The van der Waals surface area contributed by atoms with Crippen LogP contribution in [0.25, 0.3) is 0 Å². The maximum absolute atomic E-state index is 11.5. The van der Waals surface area contributed by atoms with Gasteiger partial charge in [0.05, 0.1) is 0 Å².